The van der Waals surface area contributed by atoms with Crippen molar-refractivity contribution < 1.29 is 4.79 Å². The van der Waals surface area contributed by atoms with Gasteiger partial charge in [0.05, 0.1) is 10.9 Å². The first-order chi connectivity index (χ1) is 9.49. The third-order valence-electron chi connectivity index (χ3n) is 2.96. The molecule has 0 fully saturated rings. The van der Waals surface area contributed by atoms with E-state index in [1.165, 1.54) is 11.3 Å². The number of amides is 1. The fourth-order valence-corrected chi connectivity index (χ4v) is 2.54. The average Bonchev–Trinajstić information content (AvgIpc) is 2.86. The van der Waals surface area contributed by atoms with Crippen LogP contribution < -0.4 is 11.1 Å². The highest BCUT2D eigenvalue weighted by Crippen LogP contribution is 2.31. The molecule has 0 spiro atoms. The van der Waals surface area contributed by atoms with Crippen LogP contribution in [-0.4, -0.2) is 22.1 Å². The molecule has 106 valence electrons. The van der Waals surface area contributed by atoms with E-state index in [0.29, 0.717) is 15.2 Å². The number of nitrogens with one attached hydrogen (secondary N) is 1. The molecule has 2 unspecified atom stereocenters. The fraction of sp³-hybridized carbons (Fsp3) is 0.308. The van der Waals surface area contributed by atoms with E-state index in [0.717, 1.165) is 5.56 Å². The Bertz CT molecular complexity index is 614. The highest BCUT2D eigenvalue weighted by atomic mass is 35.5. The predicted molar refractivity (Wildman–Crippen MR) is 81.8 cm³/mol. The van der Waals surface area contributed by atoms with Gasteiger partial charge in [-0.2, -0.15) is 0 Å². The molecule has 1 amide bonds. The van der Waals surface area contributed by atoms with Gasteiger partial charge in [-0.05, 0) is 13.0 Å². The second-order valence-corrected chi connectivity index (χ2v) is 5.91. The Morgan fingerprint density at radius 2 is 2.05 bits per heavy atom. The van der Waals surface area contributed by atoms with Gasteiger partial charge in [-0.1, -0.05) is 48.1 Å². The maximum Gasteiger partial charge on any atom is 0.230 e. The zero-order chi connectivity index (χ0) is 14.7. The lowest BCUT2D eigenvalue weighted by Gasteiger charge is -2.13. The van der Waals surface area contributed by atoms with Crippen LogP contribution in [0.4, 0.5) is 5.13 Å². The molecule has 0 aliphatic rings. The Morgan fingerprint density at radius 3 is 2.70 bits per heavy atom. The number of aromatic nitrogens is 2. The van der Waals surface area contributed by atoms with Gasteiger partial charge in [0.2, 0.25) is 11.0 Å². The SMILES string of the molecule is CC(N)C(C)C(=O)Nc1nnc(-c2ccccc2Cl)s1. The number of benzene rings is 1. The van der Waals surface area contributed by atoms with Crippen LogP contribution in [0.25, 0.3) is 10.6 Å². The van der Waals surface area contributed by atoms with Crippen molar-refractivity contribution in [2.45, 2.75) is 19.9 Å². The molecule has 3 N–H and O–H groups in total. The summed E-state index contributed by atoms with van der Waals surface area (Å²) in [6.45, 7) is 3.57. The summed E-state index contributed by atoms with van der Waals surface area (Å²) >= 11 is 7.38. The molecule has 7 heteroatoms. The molecule has 1 heterocycles. The summed E-state index contributed by atoms with van der Waals surface area (Å²) in [7, 11) is 0. The number of rotatable bonds is 4. The lowest BCUT2D eigenvalue weighted by atomic mass is 10.0. The summed E-state index contributed by atoms with van der Waals surface area (Å²) < 4.78 is 0. The second kappa shape index (κ2) is 6.30. The smallest absolute Gasteiger partial charge is 0.230 e. The number of halogens is 1. The van der Waals surface area contributed by atoms with Gasteiger partial charge in [0.1, 0.15) is 0 Å². The van der Waals surface area contributed by atoms with Gasteiger partial charge in [0.15, 0.2) is 5.01 Å². The summed E-state index contributed by atoms with van der Waals surface area (Å²) in [5.41, 5.74) is 6.49. The van der Waals surface area contributed by atoms with Gasteiger partial charge in [-0.15, -0.1) is 10.2 Å². The minimum atomic E-state index is -0.289. The Morgan fingerprint density at radius 1 is 1.35 bits per heavy atom. The molecule has 2 aromatic rings. The van der Waals surface area contributed by atoms with E-state index in [1.54, 1.807) is 19.9 Å². The van der Waals surface area contributed by atoms with E-state index < -0.39 is 0 Å². The number of anilines is 1. The van der Waals surface area contributed by atoms with Crippen molar-refractivity contribution in [2.75, 3.05) is 5.32 Å². The van der Waals surface area contributed by atoms with Crippen molar-refractivity contribution in [1.29, 1.82) is 0 Å². The van der Waals surface area contributed by atoms with Crippen LogP contribution in [-0.2, 0) is 4.79 Å². The summed E-state index contributed by atoms with van der Waals surface area (Å²) in [5, 5.41) is 12.4. The summed E-state index contributed by atoms with van der Waals surface area (Å²) in [6, 6.07) is 7.15. The Hall–Kier alpha value is -1.50. The van der Waals surface area contributed by atoms with E-state index >= 15 is 0 Å². The van der Waals surface area contributed by atoms with Crippen LogP contribution in [0.15, 0.2) is 24.3 Å². The van der Waals surface area contributed by atoms with E-state index in [9.17, 15) is 4.79 Å². The van der Waals surface area contributed by atoms with Gasteiger partial charge in [-0.3, -0.25) is 4.79 Å². The number of carbonyl (C=O) groups excluding carboxylic acids is 1. The van der Waals surface area contributed by atoms with E-state index in [-0.39, 0.29) is 17.9 Å². The molecule has 1 aromatic heterocycles. The molecule has 20 heavy (non-hydrogen) atoms. The molecule has 2 atom stereocenters. The quantitative estimate of drug-likeness (QED) is 0.910. The molecular formula is C13H15ClN4OS. The normalized spacial score (nSPS) is 13.8. The maximum atomic E-state index is 11.9. The van der Waals surface area contributed by atoms with Crippen LogP contribution in [0, 0.1) is 5.92 Å². The van der Waals surface area contributed by atoms with Crippen molar-refractivity contribution >= 4 is 34.0 Å². The fourth-order valence-electron chi connectivity index (χ4n) is 1.48. The number of nitrogens with zero attached hydrogens (tertiary/aromatic N) is 2. The molecule has 0 bridgehead atoms. The molecule has 5 nitrogen and oxygen atoms in total. The van der Waals surface area contributed by atoms with Gasteiger partial charge in [0, 0.05) is 11.6 Å². The summed E-state index contributed by atoms with van der Waals surface area (Å²) in [5.74, 6) is -0.454. The maximum absolute atomic E-state index is 11.9. The van der Waals surface area contributed by atoms with Crippen LogP contribution >= 0.6 is 22.9 Å². The first-order valence-corrected chi connectivity index (χ1v) is 7.33. The van der Waals surface area contributed by atoms with E-state index in [4.69, 9.17) is 17.3 Å². The molecule has 2 rings (SSSR count). The van der Waals surface area contributed by atoms with Crippen molar-refractivity contribution in [3.05, 3.63) is 29.3 Å². The Balaban J connectivity index is 2.14. The number of nitrogens with two attached hydrogens (primary N) is 1. The third-order valence-corrected chi connectivity index (χ3v) is 4.16. The summed E-state index contributed by atoms with van der Waals surface area (Å²) in [6.07, 6.45) is 0. The van der Waals surface area contributed by atoms with Crippen LogP contribution in [0.1, 0.15) is 13.8 Å². The molecule has 0 saturated heterocycles. The predicted octanol–water partition coefficient (Wildman–Crippen LogP) is 2.78. The zero-order valence-corrected chi connectivity index (χ0v) is 12.7. The standard InChI is InChI=1S/C13H15ClN4OS/c1-7(8(2)15)11(19)16-13-18-17-12(20-13)9-5-3-4-6-10(9)14/h3-8H,15H2,1-2H3,(H,16,18,19). The zero-order valence-electron chi connectivity index (χ0n) is 11.1. The number of carbonyl (C=O) groups is 1. The topological polar surface area (TPSA) is 80.9 Å². The number of hydrogen-bond acceptors (Lipinski definition) is 5. The van der Waals surface area contributed by atoms with Crippen molar-refractivity contribution in [2.24, 2.45) is 11.7 Å². The Kier molecular flexibility index (Phi) is 4.69. The van der Waals surface area contributed by atoms with Crippen molar-refractivity contribution in [3.63, 3.8) is 0 Å². The van der Waals surface area contributed by atoms with Crippen LogP contribution in [0.5, 0.6) is 0 Å². The molecular weight excluding hydrogens is 296 g/mol. The van der Waals surface area contributed by atoms with Crippen LogP contribution in [0.2, 0.25) is 5.02 Å². The van der Waals surface area contributed by atoms with Gasteiger partial charge in [-0.25, -0.2) is 0 Å². The van der Waals surface area contributed by atoms with E-state index in [1.807, 2.05) is 18.2 Å². The van der Waals surface area contributed by atoms with Gasteiger partial charge >= 0.3 is 0 Å². The van der Waals surface area contributed by atoms with Gasteiger partial charge < -0.3 is 11.1 Å². The Labute approximate surface area is 126 Å². The third kappa shape index (κ3) is 3.33. The van der Waals surface area contributed by atoms with E-state index in [2.05, 4.69) is 15.5 Å². The molecule has 0 aliphatic carbocycles. The molecule has 0 radical (unpaired) electrons. The second-order valence-electron chi connectivity index (χ2n) is 4.53. The number of hydrogen-bond donors (Lipinski definition) is 2. The van der Waals surface area contributed by atoms with Crippen molar-refractivity contribution in [1.82, 2.24) is 10.2 Å². The monoisotopic (exact) mass is 310 g/mol. The molecule has 0 aliphatic heterocycles. The van der Waals surface area contributed by atoms with Crippen LogP contribution in [0.3, 0.4) is 0 Å². The largest absolute Gasteiger partial charge is 0.327 e. The van der Waals surface area contributed by atoms with Crippen molar-refractivity contribution in [3.8, 4) is 10.6 Å². The highest BCUT2D eigenvalue weighted by Gasteiger charge is 2.19. The van der Waals surface area contributed by atoms with Gasteiger partial charge in [0.25, 0.3) is 0 Å². The lowest BCUT2D eigenvalue weighted by molar-refractivity contribution is -0.119. The minimum absolute atomic E-state index is 0.165. The first kappa shape index (κ1) is 14.9. The lowest BCUT2D eigenvalue weighted by Crippen LogP contribution is -2.34. The average molecular weight is 311 g/mol. The molecule has 1 aromatic carbocycles. The summed E-state index contributed by atoms with van der Waals surface area (Å²) in [4.78, 5) is 11.9. The molecule has 0 saturated carbocycles. The highest BCUT2D eigenvalue weighted by molar-refractivity contribution is 7.18. The first-order valence-electron chi connectivity index (χ1n) is 6.14. The minimum Gasteiger partial charge on any atom is -0.327 e.